The zero-order valence-electron chi connectivity index (χ0n) is 7.60. The van der Waals surface area contributed by atoms with Crippen LogP contribution in [0.4, 0.5) is 0 Å². The molecule has 0 fully saturated rings. The van der Waals surface area contributed by atoms with E-state index in [4.69, 9.17) is 5.11 Å². The third-order valence-corrected chi connectivity index (χ3v) is 1.88. The lowest BCUT2D eigenvalue weighted by Crippen LogP contribution is -2.14. The molecule has 0 amide bonds. The van der Waals surface area contributed by atoms with Crippen molar-refractivity contribution in [3.8, 4) is 0 Å². The average molecular weight is 205 g/mol. The zero-order valence-corrected chi connectivity index (χ0v) is 8.41. The van der Waals surface area contributed by atoms with Crippen molar-refractivity contribution < 1.29 is 9.90 Å². The van der Waals surface area contributed by atoms with Crippen molar-refractivity contribution in [1.82, 2.24) is 9.55 Å². The highest BCUT2D eigenvalue weighted by atomic mass is 35.5. The van der Waals surface area contributed by atoms with Crippen LogP contribution in [0.5, 0.6) is 0 Å². The van der Waals surface area contributed by atoms with E-state index in [2.05, 4.69) is 4.98 Å². The zero-order chi connectivity index (χ0) is 9.14. The van der Waals surface area contributed by atoms with Gasteiger partial charge in [-0.3, -0.25) is 4.79 Å². The Morgan fingerprint density at radius 3 is 2.69 bits per heavy atom. The maximum Gasteiger partial charge on any atom is 0.314 e. The molecule has 0 radical (unpaired) electrons. The number of hydrogen-bond acceptors (Lipinski definition) is 2. The number of nitrogens with zero attached hydrogens (tertiary/aromatic N) is 2. The van der Waals surface area contributed by atoms with Crippen molar-refractivity contribution >= 4 is 18.4 Å². The van der Waals surface area contributed by atoms with Gasteiger partial charge in [0.05, 0.1) is 0 Å². The number of aromatic nitrogens is 2. The van der Waals surface area contributed by atoms with Crippen molar-refractivity contribution in [1.29, 1.82) is 0 Å². The van der Waals surface area contributed by atoms with Crippen LogP contribution in [0.1, 0.15) is 25.1 Å². The van der Waals surface area contributed by atoms with Crippen molar-refractivity contribution in [2.75, 3.05) is 0 Å². The summed E-state index contributed by atoms with van der Waals surface area (Å²) in [5.74, 6) is -0.679. The molecule has 13 heavy (non-hydrogen) atoms. The molecule has 1 N–H and O–H groups in total. The minimum Gasteiger partial charge on any atom is -0.481 e. The summed E-state index contributed by atoms with van der Waals surface area (Å²) in [6.45, 7) is 1.84. The average Bonchev–Trinajstić information content (AvgIpc) is 2.38. The highest BCUT2D eigenvalue weighted by Gasteiger charge is 2.20. The molecule has 0 aliphatic carbocycles. The van der Waals surface area contributed by atoms with Gasteiger partial charge >= 0.3 is 5.97 Å². The first-order chi connectivity index (χ1) is 5.66. The van der Waals surface area contributed by atoms with Gasteiger partial charge in [-0.05, 0) is 6.42 Å². The molecule has 1 unspecified atom stereocenters. The molecule has 1 atom stereocenters. The first-order valence-electron chi connectivity index (χ1n) is 3.86. The van der Waals surface area contributed by atoms with E-state index in [1.165, 1.54) is 0 Å². The van der Waals surface area contributed by atoms with Gasteiger partial charge in [-0.1, -0.05) is 6.92 Å². The van der Waals surface area contributed by atoms with E-state index >= 15 is 0 Å². The van der Waals surface area contributed by atoms with E-state index in [0.29, 0.717) is 12.2 Å². The fourth-order valence-corrected chi connectivity index (χ4v) is 1.18. The normalized spacial score (nSPS) is 11.8. The number of aliphatic carboxylic acids is 1. The van der Waals surface area contributed by atoms with Crippen LogP contribution in [0.15, 0.2) is 12.4 Å². The molecule has 0 saturated carbocycles. The van der Waals surface area contributed by atoms with Gasteiger partial charge in [0.2, 0.25) is 0 Å². The summed E-state index contributed by atoms with van der Waals surface area (Å²) >= 11 is 0. The molecule has 0 saturated heterocycles. The minimum absolute atomic E-state index is 0. The fraction of sp³-hybridized carbons (Fsp3) is 0.500. The van der Waals surface area contributed by atoms with E-state index in [1.807, 2.05) is 6.92 Å². The Morgan fingerprint density at radius 1 is 1.77 bits per heavy atom. The number of aryl methyl sites for hydroxylation is 1. The third-order valence-electron chi connectivity index (χ3n) is 1.88. The maximum absolute atomic E-state index is 10.7. The summed E-state index contributed by atoms with van der Waals surface area (Å²) in [7, 11) is 1.80. The number of hydrogen-bond donors (Lipinski definition) is 1. The van der Waals surface area contributed by atoms with E-state index < -0.39 is 11.9 Å². The molecule has 0 spiro atoms. The summed E-state index contributed by atoms with van der Waals surface area (Å²) < 4.78 is 1.74. The first kappa shape index (κ1) is 12.0. The Bertz CT molecular complexity index is 285. The van der Waals surface area contributed by atoms with Crippen molar-refractivity contribution in [2.45, 2.75) is 19.3 Å². The van der Waals surface area contributed by atoms with Gasteiger partial charge in [0.15, 0.2) is 0 Å². The first-order valence-corrected chi connectivity index (χ1v) is 3.86. The Hall–Kier alpha value is -1.03. The molecular formula is C8H13ClN2O2. The van der Waals surface area contributed by atoms with Crippen LogP contribution in [0.3, 0.4) is 0 Å². The number of halogens is 1. The molecule has 1 aromatic heterocycles. The number of carbonyl (C=O) groups is 1. The van der Waals surface area contributed by atoms with Crippen molar-refractivity contribution in [3.63, 3.8) is 0 Å². The molecule has 1 heterocycles. The molecular weight excluding hydrogens is 192 g/mol. The SMILES string of the molecule is CCC(C(=O)O)c1nccn1C.Cl. The van der Waals surface area contributed by atoms with Crippen LogP contribution in [-0.2, 0) is 11.8 Å². The summed E-state index contributed by atoms with van der Waals surface area (Å²) in [5, 5.41) is 8.82. The van der Waals surface area contributed by atoms with Gasteiger partial charge in [-0.25, -0.2) is 4.98 Å². The fourth-order valence-electron chi connectivity index (χ4n) is 1.18. The molecule has 74 valence electrons. The molecule has 0 aliphatic heterocycles. The van der Waals surface area contributed by atoms with Gasteiger partial charge in [0, 0.05) is 19.4 Å². The van der Waals surface area contributed by atoms with Gasteiger partial charge in [0.1, 0.15) is 11.7 Å². The van der Waals surface area contributed by atoms with Crippen molar-refractivity contribution in [2.24, 2.45) is 7.05 Å². The van der Waals surface area contributed by atoms with Crippen LogP contribution in [0.2, 0.25) is 0 Å². The Morgan fingerprint density at radius 2 is 2.38 bits per heavy atom. The summed E-state index contributed by atoms with van der Waals surface area (Å²) in [6, 6.07) is 0. The number of carboxylic acid groups (broad SMARTS) is 1. The Balaban J connectivity index is 0.00000144. The second kappa shape index (κ2) is 4.87. The smallest absolute Gasteiger partial charge is 0.314 e. The summed E-state index contributed by atoms with van der Waals surface area (Å²) in [4.78, 5) is 14.7. The lowest BCUT2D eigenvalue weighted by molar-refractivity contribution is -0.139. The van der Waals surface area contributed by atoms with Crippen LogP contribution in [0.25, 0.3) is 0 Å². The monoisotopic (exact) mass is 204 g/mol. The number of rotatable bonds is 3. The number of carboxylic acids is 1. The minimum atomic E-state index is -0.813. The van der Waals surface area contributed by atoms with E-state index in [9.17, 15) is 4.79 Å². The number of imidazole rings is 1. The molecule has 4 nitrogen and oxygen atoms in total. The quantitative estimate of drug-likeness (QED) is 0.810. The molecule has 1 aromatic rings. The molecule has 0 aliphatic rings. The van der Waals surface area contributed by atoms with Gasteiger partial charge in [0.25, 0.3) is 0 Å². The topological polar surface area (TPSA) is 55.1 Å². The van der Waals surface area contributed by atoms with Crippen LogP contribution >= 0.6 is 12.4 Å². The highest BCUT2D eigenvalue weighted by molar-refractivity contribution is 5.85. The molecule has 1 rings (SSSR count). The van der Waals surface area contributed by atoms with E-state index in [1.54, 1.807) is 24.0 Å². The lowest BCUT2D eigenvalue weighted by atomic mass is 10.1. The lowest BCUT2D eigenvalue weighted by Gasteiger charge is -2.08. The van der Waals surface area contributed by atoms with E-state index in [0.717, 1.165) is 0 Å². The molecule has 5 heteroatoms. The molecule has 0 aromatic carbocycles. The standard InChI is InChI=1S/C8H12N2O2.ClH/c1-3-6(8(11)12)7-9-4-5-10(7)2;/h4-6H,3H2,1-2H3,(H,11,12);1H. The van der Waals surface area contributed by atoms with Crippen LogP contribution in [-0.4, -0.2) is 20.6 Å². The second-order valence-corrected chi connectivity index (χ2v) is 2.70. The summed E-state index contributed by atoms with van der Waals surface area (Å²) in [5.41, 5.74) is 0. The van der Waals surface area contributed by atoms with Gasteiger partial charge in [-0.2, -0.15) is 0 Å². The third kappa shape index (κ3) is 2.45. The van der Waals surface area contributed by atoms with Crippen LogP contribution < -0.4 is 0 Å². The van der Waals surface area contributed by atoms with Crippen LogP contribution in [0, 0.1) is 0 Å². The van der Waals surface area contributed by atoms with Gasteiger partial charge < -0.3 is 9.67 Å². The Kier molecular flexibility index (Phi) is 4.48. The highest BCUT2D eigenvalue weighted by Crippen LogP contribution is 2.16. The summed E-state index contributed by atoms with van der Waals surface area (Å²) in [6.07, 6.45) is 3.93. The molecule has 0 bridgehead atoms. The van der Waals surface area contributed by atoms with E-state index in [-0.39, 0.29) is 12.4 Å². The second-order valence-electron chi connectivity index (χ2n) is 2.70. The largest absolute Gasteiger partial charge is 0.481 e. The maximum atomic E-state index is 10.7. The predicted molar refractivity (Wildman–Crippen MR) is 51.1 cm³/mol. The van der Waals surface area contributed by atoms with Crippen molar-refractivity contribution in [3.05, 3.63) is 18.2 Å². The van der Waals surface area contributed by atoms with Gasteiger partial charge in [-0.15, -0.1) is 12.4 Å². The predicted octanol–water partition coefficient (Wildman–Crippen LogP) is 1.42. The Labute approximate surface area is 83.0 Å².